The van der Waals surface area contributed by atoms with E-state index < -0.39 is 0 Å². The van der Waals surface area contributed by atoms with Crippen LogP contribution in [0, 0.1) is 0 Å². The largest absolute Gasteiger partial charge is 0.459 e. The van der Waals surface area contributed by atoms with E-state index >= 15 is 0 Å². The predicted octanol–water partition coefficient (Wildman–Crippen LogP) is 2.50. The molecule has 0 aromatic heterocycles. The summed E-state index contributed by atoms with van der Waals surface area (Å²) in [5, 5.41) is 9.84. The van der Waals surface area contributed by atoms with Crippen LogP contribution in [0.1, 0.15) is 50.9 Å². The van der Waals surface area contributed by atoms with E-state index in [4.69, 9.17) is 9.94 Å². The van der Waals surface area contributed by atoms with Crippen LogP contribution in [0.3, 0.4) is 0 Å². The van der Waals surface area contributed by atoms with Crippen LogP contribution in [-0.4, -0.2) is 33.4 Å². The summed E-state index contributed by atoms with van der Waals surface area (Å²) in [6.07, 6.45) is 1.21. The molecule has 0 bridgehead atoms. The quantitative estimate of drug-likeness (QED) is 0.617. The average Bonchev–Trinajstić information content (AvgIpc) is 2.36. The van der Waals surface area contributed by atoms with Crippen LogP contribution in [-0.2, 0) is 4.74 Å². The number of esters is 1. The Kier molecular flexibility index (Phi) is 3.89. The van der Waals surface area contributed by atoms with E-state index in [1.165, 1.54) is 0 Å². The minimum absolute atomic E-state index is 0.144. The van der Waals surface area contributed by atoms with Crippen LogP contribution in [0.2, 0.25) is 0 Å². The van der Waals surface area contributed by atoms with Gasteiger partial charge < -0.3 is 9.94 Å². The summed E-state index contributed by atoms with van der Waals surface area (Å²) in [6.45, 7) is 8.07. The molecule has 1 heterocycles. The van der Waals surface area contributed by atoms with Gasteiger partial charge in [0.25, 0.3) is 0 Å². The maximum atomic E-state index is 12.1. The third-order valence-corrected chi connectivity index (χ3v) is 3.95. The molecule has 0 aliphatic carbocycles. The van der Waals surface area contributed by atoms with Gasteiger partial charge in [-0.05, 0) is 39.8 Å². The summed E-state index contributed by atoms with van der Waals surface area (Å²) in [5.74, 6) is -0.277. The topological polar surface area (TPSA) is 52.4 Å². The molecule has 0 spiro atoms. The van der Waals surface area contributed by atoms with Gasteiger partial charge in [0.1, 0.15) is 6.10 Å². The molecule has 1 fully saturated rings. The average molecular weight is 278 g/mol. The van der Waals surface area contributed by atoms with Crippen molar-refractivity contribution in [1.29, 1.82) is 0 Å². The molecule has 110 valence electrons. The van der Waals surface area contributed by atoms with E-state index in [-0.39, 0.29) is 23.2 Å². The summed E-state index contributed by atoms with van der Waals surface area (Å²) in [6, 6.07) is 9.06. The zero-order valence-corrected chi connectivity index (χ0v) is 12.6. The van der Waals surface area contributed by atoms with Gasteiger partial charge in [0.2, 0.25) is 0 Å². The van der Waals surface area contributed by atoms with E-state index in [9.17, 15) is 4.79 Å². The Morgan fingerprint density at radius 3 is 2.15 bits per heavy atom. The Bertz CT molecular complexity index is 464. The molecule has 4 heteroatoms. The van der Waals surface area contributed by atoms with E-state index in [0.29, 0.717) is 18.4 Å². The summed E-state index contributed by atoms with van der Waals surface area (Å²) in [5.41, 5.74) is -0.0244. The van der Waals surface area contributed by atoms with Gasteiger partial charge in [0.15, 0.2) is 0 Å². The van der Waals surface area contributed by atoms with Crippen molar-refractivity contribution in [2.75, 3.05) is 0 Å². The first-order valence-corrected chi connectivity index (χ1v) is 7.00. The van der Waals surface area contributed by atoms with Gasteiger partial charge in [0.05, 0.1) is 16.6 Å². The second kappa shape index (κ2) is 5.19. The first-order chi connectivity index (χ1) is 9.22. The van der Waals surface area contributed by atoms with Crippen molar-refractivity contribution in [3.8, 4) is 0 Å². The smallest absolute Gasteiger partial charge is 0.338 e. The molecule has 1 aromatic rings. The fraction of sp³-hybridized carbons (Fsp3) is 0.562. The third-order valence-electron chi connectivity index (χ3n) is 3.95. The molecule has 1 aliphatic heterocycles. The summed E-state index contributed by atoms with van der Waals surface area (Å²) in [7, 11) is 0. The van der Waals surface area contributed by atoms with Crippen molar-refractivity contribution >= 4 is 5.97 Å². The number of ether oxygens (including phenoxy) is 1. The second-order valence-electron chi connectivity index (χ2n) is 6.76. The molecule has 2 N–H and O–H groups in total. The lowest BCUT2D eigenvalue weighted by atomic mass is 9.80. The normalized spacial score (nSPS) is 22.4. The Morgan fingerprint density at radius 2 is 1.65 bits per heavy atom. The van der Waals surface area contributed by atoms with Crippen LogP contribution >= 0.6 is 0 Å². The number of hydroxylamine groups is 2. The molecule has 1 aromatic carbocycles. The van der Waals surface area contributed by atoms with Crippen molar-refractivity contribution in [3.05, 3.63) is 35.9 Å². The highest BCUT2D eigenvalue weighted by Gasteiger charge is 2.49. The minimum Gasteiger partial charge on any atom is -0.459 e. The van der Waals surface area contributed by atoms with Gasteiger partial charge in [-0.1, -0.05) is 23.3 Å². The summed E-state index contributed by atoms with van der Waals surface area (Å²) in [4.78, 5) is 12.1. The molecular weight excluding hydrogens is 254 g/mol. The van der Waals surface area contributed by atoms with Crippen LogP contribution in [0.25, 0.3) is 0 Å². The maximum Gasteiger partial charge on any atom is 0.338 e. The lowest BCUT2D eigenvalue weighted by Crippen LogP contribution is -2.60. The van der Waals surface area contributed by atoms with Gasteiger partial charge in [-0.25, -0.2) is 4.79 Å². The molecule has 4 nitrogen and oxygen atoms in total. The van der Waals surface area contributed by atoms with Gasteiger partial charge >= 0.3 is 5.97 Å². The lowest BCUT2D eigenvalue weighted by Gasteiger charge is -2.47. The third kappa shape index (κ3) is 3.02. The number of hydrogen-bond donors (Lipinski definition) is 0. The molecule has 1 aliphatic rings. The van der Waals surface area contributed by atoms with Crippen molar-refractivity contribution in [2.24, 2.45) is 0 Å². The molecule has 0 amide bonds. The zero-order valence-electron chi connectivity index (χ0n) is 12.6. The van der Waals surface area contributed by atoms with Crippen LogP contribution in [0.5, 0.6) is 0 Å². The van der Waals surface area contributed by atoms with Crippen molar-refractivity contribution in [2.45, 2.75) is 57.7 Å². The second-order valence-corrected chi connectivity index (χ2v) is 6.76. The van der Waals surface area contributed by atoms with E-state index in [1.54, 1.807) is 17.2 Å². The lowest BCUT2D eigenvalue weighted by molar-refractivity contribution is -0.256. The van der Waals surface area contributed by atoms with Crippen molar-refractivity contribution < 1.29 is 14.7 Å². The van der Waals surface area contributed by atoms with Crippen LogP contribution in [0.4, 0.5) is 0 Å². The standard InChI is InChI=1S/C16H23NO3/c1-15(2)10-13(11-16(3,4)17(15)19)20-14(18)12-8-6-5-7-9-12/h5-9,13,19H,10-11H2,1-4H3/p+1. The van der Waals surface area contributed by atoms with E-state index in [1.807, 2.05) is 45.9 Å². The fourth-order valence-electron chi connectivity index (χ4n) is 3.07. The molecule has 20 heavy (non-hydrogen) atoms. The Morgan fingerprint density at radius 1 is 1.15 bits per heavy atom. The van der Waals surface area contributed by atoms with Crippen LogP contribution in [0.15, 0.2) is 30.3 Å². The zero-order chi connectivity index (χ0) is 15.0. The molecule has 0 unspecified atom stereocenters. The first kappa shape index (κ1) is 15.0. The number of benzene rings is 1. The predicted molar refractivity (Wildman–Crippen MR) is 78.5 cm³/mol. The van der Waals surface area contributed by atoms with Crippen molar-refractivity contribution in [1.82, 2.24) is 5.06 Å². The number of carbonyl (C=O) groups is 1. The molecular formula is C16H24NO3+. The number of carbonyl (C=O) groups excluding carboxylic acids is 1. The number of piperidine rings is 1. The monoisotopic (exact) mass is 278 g/mol. The Hall–Kier alpha value is -1.39. The highest BCUT2D eigenvalue weighted by molar-refractivity contribution is 5.89. The van der Waals surface area contributed by atoms with Crippen molar-refractivity contribution in [3.63, 3.8) is 0 Å². The highest BCUT2D eigenvalue weighted by Crippen LogP contribution is 2.38. The molecule has 0 saturated carbocycles. The van der Waals surface area contributed by atoms with Crippen LogP contribution < -0.4 is 0 Å². The maximum absolute atomic E-state index is 12.1. The van der Waals surface area contributed by atoms with Gasteiger partial charge in [0, 0.05) is 12.8 Å². The molecule has 2 rings (SSSR count). The SMILES string of the molecule is CC1(C)CC(OC(=O)c2ccccc2)CC(C)(C)N1[OH2+]. The number of nitrogens with zero attached hydrogens (tertiary/aromatic N) is 1. The Balaban J connectivity index is 2.09. The number of rotatable bonds is 2. The van der Waals surface area contributed by atoms with Gasteiger partial charge in [-0.2, -0.15) is 0 Å². The fourth-order valence-corrected chi connectivity index (χ4v) is 3.07. The van der Waals surface area contributed by atoms with Gasteiger partial charge in [-0.15, -0.1) is 0 Å². The molecule has 1 saturated heterocycles. The van der Waals surface area contributed by atoms with E-state index in [0.717, 1.165) is 0 Å². The minimum atomic E-state index is -0.302. The highest BCUT2D eigenvalue weighted by atomic mass is 16.5. The molecule has 0 radical (unpaired) electrons. The first-order valence-electron chi connectivity index (χ1n) is 7.00. The van der Waals surface area contributed by atoms with Gasteiger partial charge in [-0.3, -0.25) is 0 Å². The molecule has 0 atom stereocenters. The Labute approximate surface area is 120 Å². The number of hydrogen-bond acceptors (Lipinski definition) is 3. The summed E-state index contributed by atoms with van der Waals surface area (Å²) >= 11 is 0. The van der Waals surface area contributed by atoms with E-state index in [2.05, 4.69) is 0 Å². The summed E-state index contributed by atoms with van der Waals surface area (Å²) < 4.78 is 5.65.